The van der Waals surface area contributed by atoms with E-state index in [1.54, 1.807) is 7.05 Å². The van der Waals surface area contributed by atoms with Crippen LogP contribution in [0.3, 0.4) is 0 Å². The summed E-state index contributed by atoms with van der Waals surface area (Å²) in [6.07, 6.45) is 3.04. The lowest BCUT2D eigenvalue weighted by Gasteiger charge is -2.20. The summed E-state index contributed by atoms with van der Waals surface area (Å²) in [4.78, 5) is 13.2. The molecule has 1 aliphatic rings. The van der Waals surface area contributed by atoms with Crippen LogP contribution in [-0.2, 0) is 14.6 Å². The average Bonchev–Trinajstić information content (AvgIpc) is 2.64. The molecule has 0 aliphatic carbocycles. The summed E-state index contributed by atoms with van der Waals surface area (Å²) >= 11 is 0. The van der Waals surface area contributed by atoms with E-state index < -0.39 is 9.84 Å². The minimum atomic E-state index is -2.99. The van der Waals surface area contributed by atoms with E-state index in [9.17, 15) is 13.2 Å². The standard InChI is InChI=1S/C9H18N2O3S/c1-11(6-7-15(2,13)14)9(12)8-4-3-5-10-8/h8,10H,3-7H2,1-2H3/t8-/m0/s1. The highest BCUT2D eigenvalue weighted by molar-refractivity contribution is 7.90. The van der Waals surface area contributed by atoms with Crippen molar-refractivity contribution in [2.75, 3.05) is 32.1 Å². The Kier molecular flexibility index (Phi) is 4.10. The lowest BCUT2D eigenvalue weighted by atomic mass is 10.2. The number of nitrogens with zero attached hydrogens (tertiary/aromatic N) is 1. The molecule has 1 fully saturated rings. The highest BCUT2D eigenvalue weighted by atomic mass is 32.2. The summed E-state index contributed by atoms with van der Waals surface area (Å²) < 4.78 is 21.9. The predicted molar refractivity (Wildman–Crippen MR) is 58.4 cm³/mol. The summed E-state index contributed by atoms with van der Waals surface area (Å²) in [5.41, 5.74) is 0. The van der Waals surface area contributed by atoms with E-state index in [1.807, 2.05) is 0 Å². The molecule has 5 nitrogen and oxygen atoms in total. The van der Waals surface area contributed by atoms with Gasteiger partial charge in [-0.05, 0) is 19.4 Å². The summed E-state index contributed by atoms with van der Waals surface area (Å²) in [6, 6.07) is -0.116. The molecule has 1 aliphatic heterocycles. The third-order valence-electron chi connectivity index (χ3n) is 2.53. The molecule has 1 atom stereocenters. The fourth-order valence-electron chi connectivity index (χ4n) is 1.57. The number of likely N-dealkylation sites (N-methyl/N-ethyl adjacent to an activating group) is 1. The first-order valence-electron chi connectivity index (χ1n) is 5.06. The maximum absolute atomic E-state index is 11.7. The second kappa shape index (κ2) is 4.94. The Labute approximate surface area is 90.7 Å². The van der Waals surface area contributed by atoms with Crippen molar-refractivity contribution in [2.45, 2.75) is 18.9 Å². The van der Waals surface area contributed by atoms with Crippen molar-refractivity contribution in [2.24, 2.45) is 0 Å². The maximum atomic E-state index is 11.7. The highest BCUT2D eigenvalue weighted by Gasteiger charge is 2.25. The molecule has 1 heterocycles. The normalized spacial score (nSPS) is 21.6. The van der Waals surface area contributed by atoms with Crippen molar-refractivity contribution >= 4 is 15.7 Å². The van der Waals surface area contributed by atoms with Crippen LogP contribution in [0.2, 0.25) is 0 Å². The first-order valence-corrected chi connectivity index (χ1v) is 7.12. The Morgan fingerprint density at radius 3 is 2.67 bits per heavy atom. The predicted octanol–water partition coefficient (Wildman–Crippen LogP) is -0.759. The largest absolute Gasteiger partial charge is 0.343 e. The number of rotatable bonds is 4. The quantitative estimate of drug-likeness (QED) is 0.694. The van der Waals surface area contributed by atoms with Crippen molar-refractivity contribution in [3.8, 4) is 0 Å². The number of sulfone groups is 1. The summed E-state index contributed by atoms with van der Waals surface area (Å²) in [5.74, 6) is 0.0262. The fraction of sp³-hybridized carbons (Fsp3) is 0.889. The molecule has 0 aromatic carbocycles. The van der Waals surface area contributed by atoms with Gasteiger partial charge in [-0.2, -0.15) is 0 Å². The molecule has 0 aromatic heterocycles. The van der Waals surface area contributed by atoms with Crippen LogP contribution in [0.5, 0.6) is 0 Å². The van der Waals surface area contributed by atoms with Gasteiger partial charge in [0.15, 0.2) is 0 Å². The van der Waals surface area contributed by atoms with Gasteiger partial charge in [0.25, 0.3) is 0 Å². The number of hydrogen-bond donors (Lipinski definition) is 1. The van der Waals surface area contributed by atoms with Crippen LogP contribution in [0.25, 0.3) is 0 Å². The molecule has 0 spiro atoms. The number of nitrogens with one attached hydrogen (secondary N) is 1. The van der Waals surface area contributed by atoms with Gasteiger partial charge in [-0.1, -0.05) is 0 Å². The second-order valence-electron chi connectivity index (χ2n) is 4.04. The van der Waals surface area contributed by atoms with E-state index in [1.165, 1.54) is 11.2 Å². The second-order valence-corrected chi connectivity index (χ2v) is 6.30. The van der Waals surface area contributed by atoms with Gasteiger partial charge in [-0.15, -0.1) is 0 Å². The van der Waals surface area contributed by atoms with Crippen molar-refractivity contribution in [3.63, 3.8) is 0 Å². The van der Waals surface area contributed by atoms with Crippen molar-refractivity contribution in [1.82, 2.24) is 10.2 Å². The Bertz CT molecular complexity index is 320. The SMILES string of the molecule is CN(CCS(C)(=O)=O)C(=O)[C@@H]1CCCN1. The molecular weight excluding hydrogens is 216 g/mol. The van der Waals surface area contributed by atoms with Gasteiger partial charge < -0.3 is 10.2 Å². The van der Waals surface area contributed by atoms with Crippen LogP contribution < -0.4 is 5.32 Å². The van der Waals surface area contributed by atoms with Crippen LogP contribution in [0.1, 0.15) is 12.8 Å². The van der Waals surface area contributed by atoms with Crippen LogP contribution in [0.4, 0.5) is 0 Å². The molecule has 1 N–H and O–H groups in total. The minimum Gasteiger partial charge on any atom is -0.343 e. The molecular formula is C9H18N2O3S. The van der Waals surface area contributed by atoms with Gasteiger partial charge in [0.1, 0.15) is 9.84 Å². The van der Waals surface area contributed by atoms with Gasteiger partial charge in [-0.25, -0.2) is 8.42 Å². The number of hydrogen-bond acceptors (Lipinski definition) is 4. The van der Waals surface area contributed by atoms with Gasteiger partial charge in [0, 0.05) is 19.8 Å². The highest BCUT2D eigenvalue weighted by Crippen LogP contribution is 2.07. The van der Waals surface area contributed by atoms with Crippen molar-refractivity contribution < 1.29 is 13.2 Å². The molecule has 1 amide bonds. The molecule has 1 saturated heterocycles. The van der Waals surface area contributed by atoms with Gasteiger partial charge in [-0.3, -0.25) is 4.79 Å². The molecule has 0 aromatic rings. The average molecular weight is 234 g/mol. The summed E-state index contributed by atoms with van der Waals surface area (Å²) in [5, 5.41) is 3.09. The van der Waals surface area contributed by atoms with Gasteiger partial charge >= 0.3 is 0 Å². The smallest absolute Gasteiger partial charge is 0.239 e. The summed E-state index contributed by atoms with van der Waals surface area (Å²) in [7, 11) is -1.34. The van der Waals surface area contributed by atoms with E-state index in [0.717, 1.165) is 19.4 Å². The number of amides is 1. The Morgan fingerprint density at radius 2 is 2.20 bits per heavy atom. The van der Waals surface area contributed by atoms with E-state index in [0.29, 0.717) is 0 Å². The molecule has 15 heavy (non-hydrogen) atoms. The minimum absolute atomic E-state index is 0.00356. The number of carbonyl (C=O) groups is 1. The van der Waals surface area contributed by atoms with Crippen molar-refractivity contribution in [3.05, 3.63) is 0 Å². The van der Waals surface area contributed by atoms with Crippen LogP contribution in [0.15, 0.2) is 0 Å². The van der Waals surface area contributed by atoms with E-state index >= 15 is 0 Å². The van der Waals surface area contributed by atoms with Gasteiger partial charge in [0.2, 0.25) is 5.91 Å². The topological polar surface area (TPSA) is 66.5 Å². The molecule has 0 radical (unpaired) electrons. The zero-order valence-corrected chi connectivity index (χ0v) is 10.0. The van der Waals surface area contributed by atoms with Crippen LogP contribution in [-0.4, -0.2) is 57.4 Å². The molecule has 0 saturated carbocycles. The first-order chi connectivity index (χ1) is 6.90. The monoisotopic (exact) mass is 234 g/mol. The molecule has 88 valence electrons. The zero-order valence-electron chi connectivity index (χ0n) is 9.19. The summed E-state index contributed by atoms with van der Waals surface area (Å²) in [6.45, 7) is 1.15. The molecule has 6 heteroatoms. The molecule has 0 bridgehead atoms. The Hall–Kier alpha value is -0.620. The van der Waals surface area contributed by atoms with E-state index in [-0.39, 0.29) is 24.2 Å². The maximum Gasteiger partial charge on any atom is 0.239 e. The number of carbonyl (C=O) groups excluding carboxylic acids is 1. The Balaban J connectivity index is 2.39. The first kappa shape index (κ1) is 12.4. The lowest BCUT2D eigenvalue weighted by molar-refractivity contribution is -0.131. The van der Waals surface area contributed by atoms with Gasteiger partial charge in [0.05, 0.1) is 11.8 Å². The van der Waals surface area contributed by atoms with Crippen LogP contribution in [0, 0.1) is 0 Å². The Morgan fingerprint density at radius 1 is 1.53 bits per heavy atom. The molecule has 1 rings (SSSR count). The van der Waals surface area contributed by atoms with Crippen molar-refractivity contribution in [1.29, 1.82) is 0 Å². The van der Waals surface area contributed by atoms with Crippen LogP contribution >= 0.6 is 0 Å². The third-order valence-corrected chi connectivity index (χ3v) is 3.46. The van der Waals surface area contributed by atoms with E-state index in [2.05, 4.69) is 5.32 Å². The fourth-order valence-corrected chi connectivity index (χ4v) is 2.18. The molecule has 0 unspecified atom stereocenters. The zero-order chi connectivity index (χ0) is 11.5. The lowest BCUT2D eigenvalue weighted by Crippen LogP contribution is -2.43. The third kappa shape index (κ3) is 4.17. The van der Waals surface area contributed by atoms with E-state index in [4.69, 9.17) is 0 Å².